The standard InChI is InChI=1S/C11H17N5S/c1-3-4-16-8-13-14-11(16)7-15(2)6-10-5-12-9-17-10/h5,8-9H,3-4,6-7H2,1-2H3. The van der Waals surface area contributed by atoms with E-state index in [0.29, 0.717) is 0 Å². The molecule has 6 heteroatoms. The molecule has 0 aliphatic heterocycles. The molecule has 0 amide bonds. The van der Waals surface area contributed by atoms with Crippen molar-refractivity contribution in [3.05, 3.63) is 28.7 Å². The molecule has 0 spiro atoms. The first-order valence-corrected chi connectivity index (χ1v) is 6.60. The molecule has 0 N–H and O–H groups in total. The van der Waals surface area contributed by atoms with Gasteiger partial charge in [0.1, 0.15) is 12.2 Å². The fourth-order valence-corrected chi connectivity index (χ4v) is 2.39. The fourth-order valence-electron chi connectivity index (χ4n) is 1.71. The lowest BCUT2D eigenvalue weighted by molar-refractivity contribution is 0.306. The van der Waals surface area contributed by atoms with Gasteiger partial charge in [-0.05, 0) is 13.5 Å². The minimum absolute atomic E-state index is 0.817. The Hall–Kier alpha value is -1.27. The Kier molecular flexibility index (Phi) is 4.22. The number of aryl methyl sites for hydroxylation is 1. The number of rotatable bonds is 6. The Labute approximate surface area is 105 Å². The molecule has 0 aliphatic carbocycles. The second kappa shape index (κ2) is 5.88. The van der Waals surface area contributed by atoms with Crippen LogP contribution in [0.5, 0.6) is 0 Å². The van der Waals surface area contributed by atoms with E-state index < -0.39 is 0 Å². The average molecular weight is 251 g/mol. The van der Waals surface area contributed by atoms with Gasteiger partial charge in [0.25, 0.3) is 0 Å². The molecule has 0 fully saturated rings. The van der Waals surface area contributed by atoms with E-state index >= 15 is 0 Å². The SMILES string of the molecule is CCCn1cnnc1CN(C)Cc1cncs1. The number of thiazole rings is 1. The van der Waals surface area contributed by atoms with Crippen LogP contribution >= 0.6 is 11.3 Å². The summed E-state index contributed by atoms with van der Waals surface area (Å²) in [4.78, 5) is 7.58. The van der Waals surface area contributed by atoms with E-state index in [0.717, 1.165) is 31.9 Å². The third-order valence-corrected chi connectivity index (χ3v) is 3.25. The third-order valence-electron chi connectivity index (χ3n) is 2.48. The molecule has 2 rings (SSSR count). The lowest BCUT2D eigenvalue weighted by atomic mass is 10.4. The van der Waals surface area contributed by atoms with E-state index in [4.69, 9.17) is 0 Å². The molecule has 0 saturated carbocycles. The maximum Gasteiger partial charge on any atom is 0.147 e. The summed E-state index contributed by atoms with van der Waals surface area (Å²) in [6.45, 7) is 4.86. The van der Waals surface area contributed by atoms with Gasteiger partial charge in [-0.3, -0.25) is 9.88 Å². The van der Waals surface area contributed by atoms with E-state index in [1.807, 2.05) is 11.7 Å². The van der Waals surface area contributed by atoms with E-state index in [1.165, 1.54) is 4.88 Å². The molecule has 0 unspecified atom stereocenters. The molecule has 0 aromatic carbocycles. The Balaban J connectivity index is 1.93. The largest absolute Gasteiger partial charge is 0.317 e. The molecule has 2 aromatic rings. The Bertz CT molecular complexity index is 436. The predicted molar refractivity (Wildman–Crippen MR) is 67.6 cm³/mol. The first kappa shape index (κ1) is 12.2. The van der Waals surface area contributed by atoms with Crippen LogP contribution in [-0.2, 0) is 19.6 Å². The van der Waals surface area contributed by atoms with Crippen LogP contribution in [0, 0.1) is 0 Å². The van der Waals surface area contributed by atoms with Crippen molar-refractivity contribution in [3.8, 4) is 0 Å². The summed E-state index contributed by atoms with van der Waals surface area (Å²) in [6.07, 6.45) is 4.82. The lowest BCUT2D eigenvalue weighted by Gasteiger charge is -2.15. The molecular formula is C11H17N5S. The van der Waals surface area contributed by atoms with Crippen LogP contribution < -0.4 is 0 Å². The number of hydrogen-bond donors (Lipinski definition) is 0. The van der Waals surface area contributed by atoms with Crippen LogP contribution in [0.4, 0.5) is 0 Å². The van der Waals surface area contributed by atoms with Gasteiger partial charge in [-0.25, -0.2) is 0 Å². The minimum Gasteiger partial charge on any atom is -0.317 e. The van der Waals surface area contributed by atoms with Crippen molar-refractivity contribution in [1.29, 1.82) is 0 Å². The van der Waals surface area contributed by atoms with Crippen molar-refractivity contribution in [2.45, 2.75) is 33.0 Å². The lowest BCUT2D eigenvalue weighted by Crippen LogP contribution is -2.19. The number of hydrogen-bond acceptors (Lipinski definition) is 5. The van der Waals surface area contributed by atoms with Gasteiger partial charge < -0.3 is 4.57 Å². The molecule has 0 aliphatic rings. The second-order valence-electron chi connectivity index (χ2n) is 4.08. The van der Waals surface area contributed by atoms with E-state index in [1.54, 1.807) is 17.7 Å². The summed E-state index contributed by atoms with van der Waals surface area (Å²) in [5.74, 6) is 1.03. The Morgan fingerprint density at radius 2 is 2.29 bits per heavy atom. The van der Waals surface area contributed by atoms with Crippen molar-refractivity contribution in [2.24, 2.45) is 0 Å². The van der Waals surface area contributed by atoms with Crippen LogP contribution in [0.3, 0.4) is 0 Å². The van der Waals surface area contributed by atoms with E-state index in [9.17, 15) is 0 Å². The van der Waals surface area contributed by atoms with E-state index in [2.05, 4.69) is 38.6 Å². The van der Waals surface area contributed by atoms with Gasteiger partial charge in [-0.2, -0.15) is 0 Å². The smallest absolute Gasteiger partial charge is 0.147 e. The van der Waals surface area contributed by atoms with Crippen molar-refractivity contribution in [1.82, 2.24) is 24.6 Å². The second-order valence-corrected chi connectivity index (χ2v) is 5.05. The third kappa shape index (κ3) is 3.34. The van der Waals surface area contributed by atoms with E-state index in [-0.39, 0.29) is 0 Å². The minimum atomic E-state index is 0.817. The molecule has 2 heterocycles. The summed E-state index contributed by atoms with van der Waals surface area (Å²) in [5.41, 5.74) is 1.86. The van der Waals surface area contributed by atoms with Crippen LogP contribution in [-0.4, -0.2) is 31.7 Å². The number of aromatic nitrogens is 4. The maximum absolute atomic E-state index is 4.16. The molecule has 92 valence electrons. The molecule has 17 heavy (non-hydrogen) atoms. The molecule has 0 radical (unpaired) electrons. The summed E-state index contributed by atoms with van der Waals surface area (Å²) in [7, 11) is 2.09. The highest BCUT2D eigenvalue weighted by Crippen LogP contribution is 2.10. The van der Waals surface area contributed by atoms with Crippen molar-refractivity contribution < 1.29 is 0 Å². The van der Waals surface area contributed by atoms with Gasteiger partial charge in [-0.15, -0.1) is 21.5 Å². The number of nitrogens with zero attached hydrogens (tertiary/aromatic N) is 5. The summed E-state index contributed by atoms with van der Waals surface area (Å²) >= 11 is 1.68. The van der Waals surface area contributed by atoms with Gasteiger partial charge in [0.05, 0.1) is 12.1 Å². The zero-order chi connectivity index (χ0) is 12.1. The zero-order valence-electron chi connectivity index (χ0n) is 10.2. The molecular weight excluding hydrogens is 234 g/mol. The van der Waals surface area contributed by atoms with Gasteiger partial charge in [0, 0.05) is 24.2 Å². The monoisotopic (exact) mass is 251 g/mol. The topological polar surface area (TPSA) is 46.8 Å². The van der Waals surface area contributed by atoms with Gasteiger partial charge >= 0.3 is 0 Å². The average Bonchev–Trinajstić information content (AvgIpc) is 2.92. The highest BCUT2D eigenvalue weighted by molar-refractivity contribution is 7.09. The summed E-state index contributed by atoms with van der Waals surface area (Å²) < 4.78 is 2.11. The Morgan fingerprint density at radius 3 is 3.00 bits per heavy atom. The molecule has 0 bridgehead atoms. The van der Waals surface area contributed by atoms with Crippen LogP contribution in [0.1, 0.15) is 24.0 Å². The maximum atomic E-state index is 4.16. The fraction of sp³-hybridized carbons (Fsp3) is 0.545. The first-order chi connectivity index (χ1) is 8.29. The van der Waals surface area contributed by atoms with Gasteiger partial charge in [0.2, 0.25) is 0 Å². The summed E-state index contributed by atoms with van der Waals surface area (Å²) in [6, 6.07) is 0. The predicted octanol–water partition coefficient (Wildman–Crippen LogP) is 1.78. The van der Waals surface area contributed by atoms with Crippen LogP contribution in [0.25, 0.3) is 0 Å². The quantitative estimate of drug-likeness (QED) is 0.785. The van der Waals surface area contributed by atoms with Gasteiger partial charge in [-0.1, -0.05) is 6.92 Å². The van der Waals surface area contributed by atoms with Gasteiger partial charge in [0.15, 0.2) is 0 Å². The Morgan fingerprint density at radius 1 is 1.41 bits per heavy atom. The van der Waals surface area contributed by atoms with Crippen molar-refractivity contribution >= 4 is 11.3 Å². The highest BCUT2D eigenvalue weighted by atomic mass is 32.1. The van der Waals surface area contributed by atoms with Crippen molar-refractivity contribution in [3.63, 3.8) is 0 Å². The molecule has 0 saturated heterocycles. The van der Waals surface area contributed by atoms with Crippen LogP contribution in [0.15, 0.2) is 18.0 Å². The molecule has 2 aromatic heterocycles. The normalized spacial score (nSPS) is 11.2. The first-order valence-electron chi connectivity index (χ1n) is 5.72. The van der Waals surface area contributed by atoms with Crippen LogP contribution in [0.2, 0.25) is 0 Å². The van der Waals surface area contributed by atoms with Crippen molar-refractivity contribution in [2.75, 3.05) is 7.05 Å². The zero-order valence-corrected chi connectivity index (χ0v) is 11.0. The molecule has 5 nitrogen and oxygen atoms in total. The highest BCUT2D eigenvalue weighted by Gasteiger charge is 2.08. The molecule has 0 atom stereocenters. The summed E-state index contributed by atoms with van der Waals surface area (Å²) in [5, 5.41) is 8.13.